The Balaban J connectivity index is 0.000000175. The van der Waals surface area contributed by atoms with E-state index in [0.29, 0.717) is 64.5 Å². The summed E-state index contributed by atoms with van der Waals surface area (Å²) in [7, 11) is 0. The minimum absolute atomic E-state index is 0.0538. The number of aromatic nitrogens is 9. The third kappa shape index (κ3) is 17.6. The molecule has 6 N–H and O–H groups in total. The van der Waals surface area contributed by atoms with Gasteiger partial charge in [0.2, 0.25) is 17.7 Å². The van der Waals surface area contributed by atoms with Gasteiger partial charge in [-0.1, -0.05) is 131 Å². The number of nitrogens with two attached hydrogens (primary N) is 3. The van der Waals surface area contributed by atoms with Gasteiger partial charge < -0.3 is 46.6 Å². The molecule has 0 unspecified atom stereocenters. The average Bonchev–Trinajstić information content (AvgIpc) is 0.726. The van der Waals surface area contributed by atoms with Gasteiger partial charge in [-0.3, -0.25) is 57.4 Å². The quantitative estimate of drug-likeness (QED) is 0.0282. The van der Waals surface area contributed by atoms with Crippen LogP contribution in [0.4, 0.5) is 73.6 Å². The molecule has 3 aromatic carbocycles. The molecule has 3 saturated heterocycles. The van der Waals surface area contributed by atoms with E-state index in [2.05, 4.69) is 50.7 Å². The molecule has 27 nitrogen and oxygen atoms in total. The van der Waals surface area contributed by atoms with Crippen LogP contribution in [-0.4, -0.2) is 153 Å². The van der Waals surface area contributed by atoms with Gasteiger partial charge in [0.05, 0.1) is 132 Å². The summed E-state index contributed by atoms with van der Waals surface area (Å²) in [5, 5.41) is 30.2. The Kier molecular flexibility index (Phi) is 29.5. The summed E-state index contributed by atoms with van der Waals surface area (Å²) in [6.07, 6.45) is 8.39. The highest BCUT2D eigenvalue weighted by molar-refractivity contribution is 6.47. The number of nitriles is 3. The molecule has 3 fully saturated rings. The van der Waals surface area contributed by atoms with Crippen molar-refractivity contribution in [2.24, 2.45) is 0 Å². The van der Waals surface area contributed by atoms with Gasteiger partial charge >= 0.3 is 0 Å². The minimum Gasteiger partial charge on any atom is -0.396 e. The Bertz CT molecular complexity index is 6790. The summed E-state index contributed by atoms with van der Waals surface area (Å²) in [5.74, 6) is -18.2. The van der Waals surface area contributed by atoms with Gasteiger partial charge in [0.15, 0.2) is 52.4 Å². The van der Waals surface area contributed by atoms with Crippen molar-refractivity contribution in [3.63, 3.8) is 0 Å². The van der Waals surface area contributed by atoms with E-state index in [-0.39, 0.29) is 208 Å². The summed E-state index contributed by atoms with van der Waals surface area (Å²) in [6, 6.07) is 14.2. The molecule has 0 bridgehead atoms. The molecule has 3 amide bonds. The summed E-state index contributed by atoms with van der Waals surface area (Å²) in [4.78, 5) is 118. The number of fused-ring (bicyclic) bond motifs is 3. The number of piperazine rings is 3. The third-order valence-electron chi connectivity index (χ3n) is 24.2. The van der Waals surface area contributed by atoms with Crippen molar-refractivity contribution in [3.05, 3.63) is 257 Å². The van der Waals surface area contributed by atoms with Crippen LogP contribution in [0.2, 0.25) is 30.1 Å². The highest BCUT2D eigenvalue weighted by atomic mass is 35.5. The van der Waals surface area contributed by atoms with Crippen LogP contribution < -0.4 is 48.6 Å². The molecule has 3 aliphatic heterocycles. The molecular weight excluding hydrogens is 1930 g/mol. The lowest BCUT2D eigenvalue weighted by Crippen LogP contribution is -2.54. The second-order valence-electron chi connectivity index (χ2n) is 33.8. The number of carbonyl (C=O) groups excluding carboxylic acids is 3. The summed E-state index contributed by atoms with van der Waals surface area (Å²) >= 11 is 38.8. The zero-order chi connectivity index (χ0) is 101. The van der Waals surface area contributed by atoms with E-state index in [4.69, 9.17) is 91.8 Å². The number of nitrogen functional groups attached to an aromatic ring is 3. The number of anilines is 6. The molecule has 0 aliphatic carbocycles. The standard InChI is InChI=1S/C32H28Cl4FN7O2.2C32H28ClF4N7O2/c1-6-20(45)43-10-9-42(13-16(43)5)30-17-11-19(33)28(21-22(34)26(39)24(36)23(35)25(21)37)41-31(17)44(32(46)18(30)12-38)29-15(4)7-8-40-27(29)14(2)3;2*1-6-20(45)43-10-9-42(13-16(43)5)30-17-11-19(33)28(21-22(34)23(35)24(36)25(37)26(21)39)41-31(17)44(32(46)18(30)12-38)29-15(4)7-8-40-27(29)14(2)3/h3*6-8,11,14,16H,1,9-10,13,39H2,2-5H3/t3*16-/m111/s1. The van der Waals surface area contributed by atoms with Crippen molar-refractivity contribution in [1.29, 1.82) is 15.8 Å². The Hall–Kier alpha value is -13.8. The number of pyridine rings is 9. The molecule has 3 atom stereocenters. The number of amides is 3. The number of benzene rings is 3. The fourth-order valence-corrected chi connectivity index (χ4v) is 19.0. The second-order valence-corrected chi connectivity index (χ2v) is 36.1. The van der Waals surface area contributed by atoms with Crippen molar-refractivity contribution >= 4 is 155 Å². The van der Waals surface area contributed by atoms with Crippen molar-refractivity contribution in [2.75, 3.05) is 90.8 Å². The van der Waals surface area contributed by atoms with Gasteiger partial charge in [-0.2, -0.15) is 15.8 Å². The molecule has 12 aromatic rings. The molecule has 0 spiro atoms. The largest absolute Gasteiger partial charge is 0.396 e. The van der Waals surface area contributed by atoms with E-state index in [1.165, 1.54) is 41.0 Å². The number of halogens is 15. The Morgan fingerprint density at radius 1 is 0.399 bits per heavy atom. The van der Waals surface area contributed by atoms with E-state index in [1.54, 1.807) is 89.0 Å². The molecule has 714 valence electrons. The molecule has 3 aliphatic rings. The monoisotopic (exact) mass is 2010 g/mol. The second kappa shape index (κ2) is 40.1. The van der Waals surface area contributed by atoms with Crippen molar-refractivity contribution < 1.29 is 53.9 Å². The highest BCUT2D eigenvalue weighted by Gasteiger charge is 2.40. The van der Waals surface area contributed by atoms with Crippen LogP contribution in [0.1, 0.15) is 131 Å². The van der Waals surface area contributed by atoms with Gasteiger partial charge in [-0.05, 0) is 131 Å². The zero-order valence-electron chi connectivity index (χ0n) is 75.8. The first-order chi connectivity index (χ1) is 65.2. The van der Waals surface area contributed by atoms with Crippen molar-refractivity contribution in [1.82, 2.24) is 58.3 Å². The lowest BCUT2D eigenvalue weighted by molar-refractivity contribution is -0.129. The van der Waals surface area contributed by atoms with Gasteiger partial charge in [-0.25, -0.2) is 54.5 Å². The molecule has 138 heavy (non-hydrogen) atoms. The molecular formula is C96H84Cl6F9N21O6. The van der Waals surface area contributed by atoms with E-state index < -0.39 is 108 Å². The SMILES string of the molecule is C=CC(=O)N1CCN(c2c(C#N)c(=O)n(-c3c(C)ccnc3C(C)C)c3nc(-c4c(F)c(Cl)c(Cl)c(N)c4Cl)c(Cl)cc23)C[C@H]1C.C=CC(=O)N1CCN(c2c(C#N)c(=O)n(-c3c(C)ccnc3C(C)C)c3nc(-c4c(N)c(F)c(F)c(F)c4F)c(Cl)cc23)C[C@H]1C.C=CC(=O)N1CCN(c2c(C#N)c(=O)n(-c3c(C)ccnc3C(C)C)c3nc(-c4c(N)c(F)c(F)c(F)c4F)c(Cl)cc23)C[C@H]1C. The lowest BCUT2D eigenvalue weighted by atomic mass is 10.0. The summed E-state index contributed by atoms with van der Waals surface area (Å²) in [5.41, 5.74) is 13.5. The van der Waals surface area contributed by atoms with Gasteiger partial charge in [0, 0.05) is 112 Å². The smallest absolute Gasteiger partial charge is 0.276 e. The fourth-order valence-electron chi connectivity index (χ4n) is 17.5. The number of nitrogens with zero attached hydrogens (tertiary/aromatic N) is 18. The molecule has 42 heteroatoms. The van der Waals surface area contributed by atoms with E-state index in [1.807, 2.05) is 72.4 Å². The van der Waals surface area contributed by atoms with Crippen LogP contribution in [-0.2, 0) is 14.4 Å². The average molecular weight is 2010 g/mol. The van der Waals surface area contributed by atoms with Crippen LogP contribution in [0.25, 0.3) is 83.9 Å². The lowest BCUT2D eigenvalue weighted by Gasteiger charge is -2.41. The van der Waals surface area contributed by atoms with E-state index in [0.717, 1.165) is 9.13 Å². The van der Waals surface area contributed by atoms with Crippen LogP contribution in [0.5, 0.6) is 0 Å². The summed E-state index contributed by atoms with van der Waals surface area (Å²) in [6.45, 7) is 34.8. The normalized spacial score (nSPS) is 15.0. The predicted octanol–water partition coefficient (Wildman–Crippen LogP) is 18.8. The van der Waals surface area contributed by atoms with Gasteiger partial charge in [-0.15, -0.1) is 0 Å². The topological polar surface area (TPSA) is 363 Å². The number of hydrogen-bond donors (Lipinski definition) is 3. The maximum absolute atomic E-state index is 15.7. The van der Waals surface area contributed by atoms with E-state index in [9.17, 15) is 70.9 Å². The molecule has 0 radical (unpaired) electrons. The third-order valence-corrected chi connectivity index (χ3v) is 26.3. The number of hydrogen-bond acceptors (Lipinski definition) is 21. The van der Waals surface area contributed by atoms with Crippen LogP contribution in [0.15, 0.2) is 107 Å². The van der Waals surface area contributed by atoms with Crippen molar-refractivity contribution in [2.45, 2.75) is 119 Å². The summed E-state index contributed by atoms with van der Waals surface area (Å²) < 4.78 is 136. The fraction of sp³-hybridized carbons (Fsp3) is 0.281. The first-order valence-corrected chi connectivity index (χ1v) is 44.9. The Labute approximate surface area is 813 Å². The van der Waals surface area contributed by atoms with Gasteiger partial charge in [0.1, 0.15) is 51.8 Å². The highest BCUT2D eigenvalue weighted by Crippen LogP contribution is 2.50. The Morgan fingerprint density at radius 2 is 0.667 bits per heavy atom. The first-order valence-electron chi connectivity index (χ1n) is 42.6. The predicted molar refractivity (Wildman–Crippen MR) is 516 cm³/mol. The number of rotatable bonds is 15. The maximum atomic E-state index is 15.7. The number of aryl methyl sites for hydroxylation is 3. The molecule has 15 rings (SSSR count). The minimum atomic E-state index is -2.12. The zero-order valence-corrected chi connectivity index (χ0v) is 80.3. The van der Waals surface area contributed by atoms with Crippen LogP contribution in [0, 0.1) is 107 Å². The van der Waals surface area contributed by atoms with Crippen LogP contribution >= 0.6 is 69.6 Å². The Morgan fingerprint density at radius 3 is 0.920 bits per heavy atom. The van der Waals surface area contributed by atoms with E-state index >= 15 is 13.2 Å². The number of carbonyl (C=O) groups is 3. The van der Waals surface area contributed by atoms with Crippen molar-refractivity contribution in [3.8, 4) is 69.0 Å². The van der Waals surface area contributed by atoms with Gasteiger partial charge in [0.25, 0.3) is 16.7 Å². The molecule has 9 aromatic heterocycles. The van der Waals surface area contributed by atoms with Crippen LogP contribution in [0.3, 0.4) is 0 Å². The molecule has 0 saturated carbocycles. The molecule has 12 heterocycles. The maximum Gasteiger partial charge on any atom is 0.276 e. The first kappa shape index (κ1) is 102.